The molecule has 1 aliphatic carbocycles. The summed E-state index contributed by atoms with van der Waals surface area (Å²) < 4.78 is 0. The summed E-state index contributed by atoms with van der Waals surface area (Å²) in [5.41, 5.74) is 7.19. The molecule has 0 atom stereocenters. The maximum Gasteiger partial charge on any atom is 0.316 e. The number of primary amides is 1. The Morgan fingerprint density at radius 1 is 0.840 bits per heavy atom. The van der Waals surface area contributed by atoms with E-state index in [0.29, 0.717) is 22.6 Å². The predicted molar refractivity (Wildman–Crippen MR) is 95.4 cm³/mol. The Labute approximate surface area is 144 Å². The van der Waals surface area contributed by atoms with Gasteiger partial charge in [-0.25, -0.2) is 4.79 Å². The first-order valence-corrected chi connectivity index (χ1v) is 7.90. The Morgan fingerprint density at radius 3 is 2.08 bits per heavy atom. The Hall–Kier alpha value is -3.35. The minimum Gasteiger partial charge on any atom is -0.351 e. The van der Waals surface area contributed by atoms with Gasteiger partial charge in [0.1, 0.15) is 0 Å². The van der Waals surface area contributed by atoms with Crippen LogP contribution in [0.5, 0.6) is 0 Å². The van der Waals surface area contributed by atoms with Gasteiger partial charge in [-0.2, -0.15) is 0 Å². The second kappa shape index (κ2) is 7.04. The van der Waals surface area contributed by atoms with Gasteiger partial charge >= 0.3 is 6.03 Å². The minimum absolute atomic E-state index is 0.00454. The first-order valence-electron chi connectivity index (χ1n) is 7.90. The van der Waals surface area contributed by atoms with Crippen LogP contribution in [0.3, 0.4) is 0 Å². The van der Waals surface area contributed by atoms with Gasteiger partial charge in [-0.05, 0) is 55.3 Å². The summed E-state index contributed by atoms with van der Waals surface area (Å²) in [6.07, 6.45) is 1.85. The molecule has 0 spiro atoms. The molecule has 0 radical (unpaired) electrons. The molecule has 0 bridgehead atoms. The summed E-state index contributed by atoms with van der Waals surface area (Å²) >= 11 is 0. The van der Waals surface area contributed by atoms with Crippen LogP contribution in [0.1, 0.15) is 23.2 Å². The molecule has 3 rings (SSSR count). The number of rotatable bonds is 5. The molecule has 5 N–H and O–H groups in total. The van der Waals surface area contributed by atoms with Crippen molar-refractivity contribution >= 4 is 34.9 Å². The lowest BCUT2D eigenvalue weighted by atomic mass is 10.1. The van der Waals surface area contributed by atoms with Crippen LogP contribution >= 0.6 is 0 Å². The molecule has 0 saturated heterocycles. The first-order chi connectivity index (χ1) is 12.0. The SMILES string of the molecule is NC(=O)Nc1ccc(NC(=O)c2cccc(NC(=O)C3CC3)c2)cc1. The van der Waals surface area contributed by atoms with E-state index in [2.05, 4.69) is 16.0 Å². The van der Waals surface area contributed by atoms with E-state index in [1.807, 2.05) is 0 Å². The van der Waals surface area contributed by atoms with Gasteiger partial charge in [0, 0.05) is 28.5 Å². The number of amides is 4. The van der Waals surface area contributed by atoms with Gasteiger partial charge in [-0.3, -0.25) is 9.59 Å². The highest BCUT2D eigenvalue weighted by Gasteiger charge is 2.29. The van der Waals surface area contributed by atoms with Gasteiger partial charge in [0.25, 0.3) is 5.91 Å². The average molecular weight is 338 g/mol. The fourth-order valence-electron chi connectivity index (χ4n) is 2.31. The lowest BCUT2D eigenvalue weighted by molar-refractivity contribution is -0.117. The molecular weight excluding hydrogens is 320 g/mol. The molecule has 2 aromatic carbocycles. The first kappa shape index (κ1) is 16.5. The molecule has 7 heteroatoms. The van der Waals surface area contributed by atoms with Crippen molar-refractivity contribution in [2.75, 3.05) is 16.0 Å². The molecule has 1 saturated carbocycles. The smallest absolute Gasteiger partial charge is 0.316 e. The third-order valence-corrected chi connectivity index (χ3v) is 3.75. The van der Waals surface area contributed by atoms with Crippen molar-refractivity contribution in [3.63, 3.8) is 0 Å². The highest BCUT2D eigenvalue weighted by Crippen LogP contribution is 2.30. The molecule has 1 aliphatic rings. The van der Waals surface area contributed by atoms with Crippen LogP contribution in [0, 0.1) is 5.92 Å². The largest absolute Gasteiger partial charge is 0.351 e. The Morgan fingerprint density at radius 2 is 1.48 bits per heavy atom. The molecule has 0 heterocycles. The third-order valence-electron chi connectivity index (χ3n) is 3.75. The highest BCUT2D eigenvalue weighted by molar-refractivity contribution is 6.05. The van der Waals surface area contributed by atoms with E-state index in [1.54, 1.807) is 48.5 Å². The van der Waals surface area contributed by atoms with Crippen LogP contribution < -0.4 is 21.7 Å². The van der Waals surface area contributed by atoms with E-state index in [4.69, 9.17) is 5.73 Å². The number of carbonyl (C=O) groups is 3. The third kappa shape index (κ3) is 4.57. The van der Waals surface area contributed by atoms with E-state index in [1.165, 1.54) is 0 Å². The van der Waals surface area contributed by atoms with E-state index in [-0.39, 0.29) is 17.7 Å². The number of nitrogens with one attached hydrogen (secondary N) is 3. The normalized spacial score (nSPS) is 13.0. The van der Waals surface area contributed by atoms with Gasteiger partial charge in [0.15, 0.2) is 0 Å². The lowest BCUT2D eigenvalue weighted by Gasteiger charge is -2.09. The summed E-state index contributed by atoms with van der Waals surface area (Å²) in [7, 11) is 0. The summed E-state index contributed by atoms with van der Waals surface area (Å²) in [5, 5.41) is 8.02. The molecular formula is C18H18N4O3. The number of urea groups is 1. The number of hydrogen-bond acceptors (Lipinski definition) is 3. The zero-order valence-electron chi connectivity index (χ0n) is 13.4. The summed E-state index contributed by atoms with van der Waals surface area (Å²) in [5.74, 6) is -0.196. The zero-order chi connectivity index (χ0) is 17.8. The Bertz CT molecular complexity index is 813. The van der Waals surface area contributed by atoms with E-state index in [9.17, 15) is 14.4 Å². The van der Waals surface area contributed by atoms with Crippen LogP contribution in [0.15, 0.2) is 48.5 Å². The maximum atomic E-state index is 12.3. The van der Waals surface area contributed by atoms with Crippen LogP contribution in [0.4, 0.5) is 21.9 Å². The van der Waals surface area contributed by atoms with Crippen molar-refractivity contribution < 1.29 is 14.4 Å². The van der Waals surface area contributed by atoms with Gasteiger partial charge in [-0.1, -0.05) is 6.07 Å². The molecule has 1 fully saturated rings. The van der Waals surface area contributed by atoms with Crippen LogP contribution in [0.25, 0.3) is 0 Å². The molecule has 0 unspecified atom stereocenters. The average Bonchev–Trinajstić information content (AvgIpc) is 3.41. The van der Waals surface area contributed by atoms with E-state index >= 15 is 0 Å². The monoisotopic (exact) mass is 338 g/mol. The minimum atomic E-state index is -0.651. The number of nitrogens with two attached hydrogens (primary N) is 1. The topological polar surface area (TPSA) is 113 Å². The Kier molecular flexibility index (Phi) is 4.65. The van der Waals surface area contributed by atoms with Crippen molar-refractivity contribution in [1.82, 2.24) is 0 Å². The quantitative estimate of drug-likeness (QED) is 0.672. The predicted octanol–water partition coefficient (Wildman–Crippen LogP) is 2.78. The number of hydrogen-bond donors (Lipinski definition) is 4. The second-order valence-corrected chi connectivity index (χ2v) is 5.87. The van der Waals surface area contributed by atoms with Gasteiger partial charge < -0.3 is 21.7 Å². The van der Waals surface area contributed by atoms with Crippen molar-refractivity contribution in [3.05, 3.63) is 54.1 Å². The Balaban J connectivity index is 1.64. The molecule has 0 aromatic heterocycles. The van der Waals surface area contributed by atoms with Crippen LogP contribution in [-0.2, 0) is 4.79 Å². The van der Waals surface area contributed by atoms with Crippen molar-refractivity contribution in [2.24, 2.45) is 11.7 Å². The van der Waals surface area contributed by atoms with Gasteiger partial charge in [0.05, 0.1) is 0 Å². The summed E-state index contributed by atoms with van der Waals surface area (Å²) in [6, 6.07) is 12.7. The fraction of sp³-hybridized carbons (Fsp3) is 0.167. The molecule has 25 heavy (non-hydrogen) atoms. The van der Waals surface area contributed by atoms with Crippen molar-refractivity contribution in [1.29, 1.82) is 0 Å². The van der Waals surface area contributed by atoms with Gasteiger partial charge in [-0.15, -0.1) is 0 Å². The summed E-state index contributed by atoms with van der Waals surface area (Å²) in [4.78, 5) is 34.9. The van der Waals surface area contributed by atoms with Crippen LogP contribution in [-0.4, -0.2) is 17.8 Å². The second-order valence-electron chi connectivity index (χ2n) is 5.87. The maximum absolute atomic E-state index is 12.3. The highest BCUT2D eigenvalue weighted by atomic mass is 16.2. The molecule has 2 aromatic rings. The fourth-order valence-corrected chi connectivity index (χ4v) is 2.31. The van der Waals surface area contributed by atoms with Crippen LogP contribution in [0.2, 0.25) is 0 Å². The number of anilines is 3. The summed E-state index contributed by atoms with van der Waals surface area (Å²) in [6.45, 7) is 0. The molecule has 7 nitrogen and oxygen atoms in total. The van der Waals surface area contributed by atoms with Gasteiger partial charge in [0.2, 0.25) is 5.91 Å². The van der Waals surface area contributed by atoms with E-state index < -0.39 is 6.03 Å². The molecule has 128 valence electrons. The molecule has 0 aliphatic heterocycles. The zero-order valence-corrected chi connectivity index (χ0v) is 13.4. The number of carbonyl (C=O) groups excluding carboxylic acids is 3. The standard InChI is InChI=1S/C18H18N4O3/c19-18(25)22-14-8-6-13(7-9-14)20-17(24)12-2-1-3-15(10-12)21-16(23)11-4-5-11/h1-3,6-11H,4-5H2,(H,20,24)(H,21,23)(H3,19,22,25). The van der Waals surface area contributed by atoms with E-state index in [0.717, 1.165) is 12.8 Å². The lowest BCUT2D eigenvalue weighted by Crippen LogP contribution is -2.19. The van der Waals surface area contributed by atoms with Crippen molar-refractivity contribution in [3.8, 4) is 0 Å². The molecule has 4 amide bonds. The number of benzene rings is 2. The van der Waals surface area contributed by atoms with Crippen molar-refractivity contribution in [2.45, 2.75) is 12.8 Å².